The average Bonchev–Trinajstić information content (AvgIpc) is 2.92. The number of amides is 4. The lowest BCUT2D eigenvalue weighted by Crippen LogP contribution is -2.54. The number of rotatable bonds is 9. The molecule has 4 rings (SSSR count). The second-order valence-electron chi connectivity index (χ2n) is 8.89. The summed E-state index contributed by atoms with van der Waals surface area (Å²) in [6.07, 6.45) is 3.42. The molecule has 3 aromatic rings. The highest BCUT2D eigenvalue weighted by molar-refractivity contribution is 6.39. The molecule has 0 saturated carbocycles. The van der Waals surface area contributed by atoms with Crippen LogP contribution in [0.15, 0.2) is 72.8 Å². The number of allylic oxidation sites excluding steroid dienone is 1. The van der Waals surface area contributed by atoms with Crippen LogP contribution >= 0.6 is 11.6 Å². The zero-order valence-corrected chi connectivity index (χ0v) is 22.4. The fourth-order valence-corrected chi connectivity index (χ4v) is 4.24. The monoisotopic (exact) mass is 560 g/mol. The Morgan fingerprint density at radius 2 is 1.82 bits per heavy atom. The standard InChI is InChI=1S/C30H25ClN2O7/c1-4-5-21-12-19(14-25(39-3)26(21)40-16-18-7-9-20(10-8-18)29(36)37)13-23-27(34)32-30(38)33(28(23)35)22-11-6-17(2)24(31)15-22/h4,6-15H,1,5,16H2,2-3H3,(H,36,37)(H,32,34,38)/b23-13-. The summed E-state index contributed by atoms with van der Waals surface area (Å²) in [4.78, 5) is 50.5. The van der Waals surface area contributed by atoms with Crippen LogP contribution in [0.4, 0.5) is 10.5 Å². The van der Waals surface area contributed by atoms with Gasteiger partial charge < -0.3 is 14.6 Å². The van der Waals surface area contributed by atoms with Crippen molar-refractivity contribution in [3.05, 3.63) is 106 Å². The third-order valence-corrected chi connectivity index (χ3v) is 6.56. The molecule has 0 bridgehead atoms. The average molecular weight is 561 g/mol. The Balaban J connectivity index is 1.67. The number of hydrogen-bond acceptors (Lipinski definition) is 6. The Morgan fingerprint density at radius 3 is 2.45 bits per heavy atom. The molecule has 3 aromatic carbocycles. The number of ether oxygens (including phenoxy) is 2. The number of hydrogen-bond donors (Lipinski definition) is 2. The van der Waals surface area contributed by atoms with Gasteiger partial charge in [-0.2, -0.15) is 0 Å². The van der Waals surface area contributed by atoms with Crippen LogP contribution in [-0.4, -0.2) is 36.0 Å². The molecule has 1 aliphatic rings. The van der Waals surface area contributed by atoms with Crippen LogP contribution in [0.1, 0.15) is 32.6 Å². The van der Waals surface area contributed by atoms with Crippen molar-refractivity contribution in [3.8, 4) is 11.5 Å². The summed E-state index contributed by atoms with van der Waals surface area (Å²) >= 11 is 6.19. The summed E-state index contributed by atoms with van der Waals surface area (Å²) in [6.45, 7) is 5.72. The number of anilines is 1. The number of barbiturate groups is 1. The van der Waals surface area contributed by atoms with Crippen molar-refractivity contribution in [2.75, 3.05) is 12.0 Å². The third-order valence-electron chi connectivity index (χ3n) is 6.15. The van der Waals surface area contributed by atoms with Crippen molar-refractivity contribution in [1.82, 2.24) is 5.32 Å². The topological polar surface area (TPSA) is 122 Å². The Morgan fingerprint density at radius 1 is 1.10 bits per heavy atom. The van der Waals surface area contributed by atoms with E-state index in [1.54, 1.807) is 49.4 Å². The Kier molecular flexibility index (Phi) is 8.35. The molecule has 0 radical (unpaired) electrons. The summed E-state index contributed by atoms with van der Waals surface area (Å²) in [5.74, 6) is -1.89. The quantitative estimate of drug-likeness (QED) is 0.206. The maximum absolute atomic E-state index is 13.3. The van der Waals surface area contributed by atoms with E-state index < -0.39 is 23.8 Å². The number of halogens is 1. The van der Waals surface area contributed by atoms with Crippen LogP contribution in [0, 0.1) is 6.92 Å². The normalized spacial score (nSPS) is 14.2. The van der Waals surface area contributed by atoms with Crippen LogP contribution in [0.2, 0.25) is 5.02 Å². The lowest BCUT2D eigenvalue weighted by Gasteiger charge is -2.26. The van der Waals surface area contributed by atoms with Crippen LogP contribution < -0.4 is 19.7 Å². The van der Waals surface area contributed by atoms with E-state index in [9.17, 15) is 19.2 Å². The predicted octanol–water partition coefficient (Wildman–Crippen LogP) is 5.33. The number of carboxylic acid groups (broad SMARTS) is 1. The molecular formula is C30H25ClN2O7. The molecule has 10 heteroatoms. The van der Waals surface area contributed by atoms with Gasteiger partial charge in [-0.1, -0.05) is 35.9 Å². The molecule has 0 aromatic heterocycles. The number of nitrogens with zero attached hydrogens (tertiary/aromatic N) is 1. The minimum atomic E-state index is -1.02. The fourth-order valence-electron chi connectivity index (χ4n) is 4.07. The highest BCUT2D eigenvalue weighted by Crippen LogP contribution is 2.35. The first-order valence-electron chi connectivity index (χ1n) is 12.1. The van der Waals surface area contributed by atoms with Crippen molar-refractivity contribution in [1.29, 1.82) is 0 Å². The van der Waals surface area contributed by atoms with Crippen LogP contribution in [0.25, 0.3) is 6.08 Å². The van der Waals surface area contributed by atoms with Gasteiger partial charge in [-0.25, -0.2) is 14.5 Å². The fraction of sp³-hybridized carbons (Fsp3) is 0.133. The van der Waals surface area contributed by atoms with Crippen molar-refractivity contribution in [2.24, 2.45) is 0 Å². The van der Waals surface area contributed by atoms with E-state index >= 15 is 0 Å². The van der Waals surface area contributed by atoms with Crippen LogP contribution in [0.5, 0.6) is 11.5 Å². The molecule has 40 heavy (non-hydrogen) atoms. The Labute approximate surface area is 235 Å². The highest BCUT2D eigenvalue weighted by Gasteiger charge is 2.37. The van der Waals surface area contributed by atoms with Crippen molar-refractivity contribution in [3.63, 3.8) is 0 Å². The van der Waals surface area contributed by atoms with Crippen molar-refractivity contribution < 1.29 is 33.8 Å². The van der Waals surface area contributed by atoms with E-state index in [1.807, 2.05) is 0 Å². The first kappa shape index (κ1) is 28.1. The van der Waals surface area contributed by atoms with E-state index in [4.69, 9.17) is 26.2 Å². The Bertz CT molecular complexity index is 1560. The second-order valence-corrected chi connectivity index (χ2v) is 9.29. The highest BCUT2D eigenvalue weighted by atomic mass is 35.5. The summed E-state index contributed by atoms with van der Waals surface area (Å²) in [6, 6.07) is 13.5. The SMILES string of the molecule is C=CCc1cc(/C=C2/C(=O)NC(=O)N(c3ccc(C)c(Cl)c3)C2=O)cc(OC)c1OCc1ccc(C(=O)O)cc1. The molecule has 2 N–H and O–H groups in total. The van der Waals surface area contributed by atoms with Gasteiger partial charge in [0, 0.05) is 10.6 Å². The number of carbonyl (C=O) groups excluding carboxylic acids is 3. The molecule has 4 amide bonds. The number of imide groups is 2. The Hall–Kier alpha value is -4.89. The minimum Gasteiger partial charge on any atom is -0.493 e. The zero-order chi connectivity index (χ0) is 29.0. The molecule has 0 unspecified atom stereocenters. The number of methoxy groups -OCH3 is 1. The number of carboxylic acids is 1. The largest absolute Gasteiger partial charge is 0.493 e. The zero-order valence-electron chi connectivity index (χ0n) is 21.7. The number of aromatic carboxylic acids is 1. The van der Waals surface area contributed by atoms with Crippen LogP contribution in [0.3, 0.4) is 0 Å². The maximum atomic E-state index is 13.3. The molecule has 1 aliphatic heterocycles. The van der Waals surface area contributed by atoms with E-state index in [1.165, 1.54) is 31.4 Å². The second kappa shape index (κ2) is 11.9. The van der Waals surface area contributed by atoms with Gasteiger partial charge in [0.1, 0.15) is 12.2 Å². The number of carbonyl (C=O) groups is 4. The van der Waals surface area contributed by atoms with Crippen LogP contribution in [-0.2, 0) is 22.6 Å². The lowest BCUT2D eigenvalue weighted by atomic mass is 10.0. The van der Waals surface area contributed by atoms with Gasteiger partial charge in [0.15, 0.2) is 11.5 Å². The molecule has 204 valence electrons. The molecule has 0 spiro atoms. The van der Waals surface area contributed by atoms with Gasteiger partial charge in [0.2, 0.25) is 0 Å². The van der Waals surface area contributed by atoms with Gasteiger partial charge in [-0.3, -0.25) is 14.9 Å². The molecule has 0 aliphatic carbocycles. The number of nitrogens with one attached hydrogen (secondary N) is 1. The van der Waals surface area contributed by atoms with E-state index in [0.717, 1.165) is 16.0 Å². The lowest BCUT2D eigenvalue weighted by molar-refractivity contribution is -0.122. The molecule has 1 fully saturated rings. The maximum Gasteiger partial charge on any atom is 0.335 e. The van der Waals surface area contributed by atoms with E-state index in [0.29, 0.717) is 34.1 Å². The molecule has 1 saturated heterocycles. The smallest absolute Gasteiger partial charge is 0.335 e. The predicted molar refractivity (Wildman–Crippen MR) is 150 cm³/mol. The van der Waals surface area contributed by atoms with E-state index in [-0.39, 0.29) is 23.4 Å². The van der Waals surface area contributed by atoms with Gasteiger partial charge >= 0.3 is 12.0 Å². The summed E-state index contributed by atoms with van der Waals surface area (Å²) in [5, 5.41) is 11.7. The third kappa shape index (κ3) is 5.89. The van der Waals surface area contributed by atoms with Gasteiger partial charge in [-0.05, 0) is 72.5 Å². The number of benzene rings is 3. The molecular weight excluding hydrogens is 536 g/mol. The number of aryl methyl sites for hydroxylation is 1. The first-order chi connectivity index (χ1) is 19.1. The van der Waals surface area contributed by atoms with E-state index in [2.05, 4.69) is 11.9 Å². The minimum absolute atomic E-state index is 0.137. The van der Waals surface area contributed by atoms with Gasteiger partial charge in [0.05, 0.1) is 18.4 Å². The summed E-state index contributed by atoms with van der Waals surface area (Å²) < 4.78 is 11.6. The van der Waals surface area contributed by atoms with Crippen molar-refractivity contribution >= 4 is 47.2 Å². The summed E-state index contributed by atoms with van der Waals surface area (Å²) in [7, 11) is 1.46. The molecule has 9 nitrogen and oxygen atoms in total. The number of urea groups is 1. The first-order valence-corrected chi connectivity index (χ1v) is 12.4. The van der Waals surface area contributed by atoms with Crippen molar-refractivity contribution in [2.45, 2.75) is 20.0 Å². The molecule has 0 atom stereocenters. The molecule has 1 heterocycles. The van der Waals surface area contributed by atoms with Gasteiger partial charge in [-0.15, -0.1) is 6.58 Å². The summed E-state index contributed by atoms with van der Waals surface area (Å²) in [5.41, 5.74) is 2.78. The van der Waals surface area contributed by atoms with Gasteiger partial charge in [0.25, 0.3) is 11.8 Å².